The molecule has 0 saturated heterocycles. The third-order valence-electron chi connectivity index (χ3n) is 2.79. The van der Waals surface area contributed by atoms with Crippen LogP contribution in [0.2, 0.25) is 0 Å². The van der Waals surface area contributed by atoms with Gasteiger partial charge in [-0.15, -0.1) is 15.3 Å². The summed E-state index contributed by atoms with van der Waals surface area (Å²) in [5.74, 6) is 1.93. The number of hydrogen-bond acceptors (Lipinski definition) is 7. The average molecular weight is 302 g/mol. The molecular formula is C13H14N6OS. The quantitative estimate of drug-likeness (QED) is 0.647. The molecule has 3 aromatic rings. The summed E-state index contributed by atoms with van der Waals surface area (Å²) >= 11 is 1.43. The van der Waals surface area contributed by atoms with Crippen LogP contribution in [-0.4, -0.2) is 30.4 Å². The summed E-state index contributed by atoms with van der Waals surface area (Å²) in [6.07, 6.45) is 0.988. The van der Waals surface area contributed by atoms with Crippen LogP contribution < -0.4 is 0 Å². The van der Waals surface area contributed by atoms with Crippen molar-refractivity contribution in [1.82, 2.24) is 30.4 Å². The molecule has 0 saturated carbocycles. The van der Waals surface area contributed by atoms with E-state index in [-0.39, 0.29) is 0 Å². The van der Waals surface area contributed by atoms with Crippen molar-refractivity contribution in [2.75, 3.05) is 0 Å². The van der Waals surface area contributed by atoms with Gasteiger partial charge in [0.25, 0.3) is 5.22 Å². The van der Waals surface area contributed by atoms with Crippen molar-refractivity contribution in [3.05, 3.63) is 36.2 Å². The van der Waals surface area contributed by atoms with Crippen molar-refractivity contribution >= 4 is 11.8 Å². The molecule has 2 aromatic heterocycles. The first kappa shape index (κ1) is 13.7. The first-order chi connectivity index (χ1) is 10.4. The summed E-state index contributed by atoms with van der Waals surface area (Å²) in [5.41, 5.74) is 0.910. The highest BCUT2D eigenvalue weighted by atomic mass is 32.2. The van der Waals surface area contributed by atoms with Crippen molar-refractivity contribution in [3.63, 3.8) is 0 Å². The van der Waals surface area contributed by atoms with E-state index < -0.39 is 0 Å². The molecule has 0 unspecified atom stereocenters. The minimum absolute atomic E-state index is 0.514. The lowest BCUT2D eigenvalue weighted by Gasteiger charge is -2.00. The summed E-state index contributed by atoms with van der Waals surface area (Å²) in [6, 6.07) is 9.69. The van der Waals surface area contributed by atoms with Gasteiger partial charge in [0, 0.05) is 12.1 Å². The lowest BCUT2D eigenvalue weighted by molar-refractivity contribution is 0.465. The molecule has 1 aromatic carbocycles. The molecule has 0 aliphatic rings. The van der Waals surface area contributed by atoms with Gasteiger partial charge >= 0.3 is 0 Å². The number of tetrazole rings is 1. The Labute approximate surface area is 125 Å². The van der Waals surface area contributed by atoms with E-state index in [9.17, 15) is 0 Å². The van der Waals surface area contributed by atoms with Crippen LogP contribution in [-0.2, 0) is 12.3 Å². The second-order valence-electron chi connectivity index (χ2n) is 4.35. The Hall–Kier alpha value is -2.22. The van der Waals surface area contributed by atoms with Crippen molar-refractivity contribution in [2.24, 2.45) is 0 Å². The predicted octanol–water partition coefficient (Wildman–Crippen LogP) is 2.43. The van der Waals surface area contributed by atoms with Gasteiger partial charge in [-0.05, 0) is 29.0 Å². The van der Waals surface area contributed by atoms with Gasteiger partial charge in [-0.25, -0.2) is 4.68 Å². The molecule has 21 heavy (non-hydrogen) atoms. The van der Waals surface area contributed by atoms with Crippen LogP contribution in [0.25, 0.3) is 11.5 Å². The van der Waals surface area contributed by atoms with Crippen LogP contribution in [0.15, 0.2) is 40.0 Å². The number of nitrogens with zero attached hydrogens (tertiary/aromatic N) is 6. The Kier molecular flexibility index (Phi) is 4.25. The normalized spacial score (nSPS) is 10.9. The van der Waals surface area contributed by atoms with Gasteiger partial charge in [0.05, 0.1) is 5.75 Å². The minimum atomic E-state index is 0.514. The van der Waals surface area contributed by atoms with Crippen molar-refractivity contribution in [2.45, 2.75) is 30.9 Å². The maximum atomic E-state index is 5.63. The highest BCUT2D eigenvalue weighted by Gasteiger charge is 2.11. The van der Waals surface area contributed by atoms with Gasteiger partial charge in [-0.3, -0.25) is 0 Å². The summed E-state index contributed by atoms with van der Waals surface area (Å²) in [7, 11) is 0. The SMILES string of the molecule is CCCn1nnnc1CSc1nnc(-c2ccccc2)o1. The predicted molar refractivity (Wildman–Crippen MR) is 77.4 cm³/mol. The van der Waals surface area contributed by atoms with Gasteiger partial charge in [-0.2, -0.15) is 0 Å². The Morgan fingerprint density at radius 3 is 2.81 bits per heavy atom. The van der Waals surface area contributed by atoms with Crippen molar-refractivity contribution in [1.29, 1.82) is 0 Å². The second kappa shape index (κ2) is 6.49. The van der Waals surface area contributed by atoms with Crippen molar-refractivity contribution in [3.8, 4) is 11.5 Å². The topological polar surface area (TPSA) is 82.5 Å². The van der Waals surface area contributed by atoms with Crippen molar-refractivity contribution < 1.29 is 4.42 Å². The highest BCUT2D eigenvalue weighted by molar-refractivity contribution is 7.98. The molecule has 0 radical (unpaired) electrons. The fourth-order valence-corrected chi connectivity index (χ4v) is 2.50. The molecule has 0 amide bonds. The molecule has 2 heterocycles. The summed E-state index contributed by atoms with van der Waals surface area (Å²) in [5, 5.41) is 20.2. The summed E-state index contributed by atoms with van der Waals surface area (Å²) < 4.78 is 7.42. The molecule has 0 atom stereocenters. The number of aryl methyl sites for hydroxylation is 1. The van der Waals surface area contributed by atoms with E-state index in [1.165, 1.54) is 11.8 Å². The Morgan fingerprint density at radius 2 is 2.00 bits per heavy atom. The molecule has 0 aliphatic carbocycles. The fraction of sp³-hybridized carbons (Fsp3) is 0.308. The van der Waals surface area contributed by atoms with Gasteiger partial charge in [0.15, 0.2) is 5.82 Å². The number of benzene rings is 1. The van der Waals surface area contributed by atoms with E-state index in [1.54, 1.807) is 4.68 Å². The van der Waals surface area contributed by atoms with Crippen LogP contribution >= 0.6 is 11.8 Å². The Morgan fingerprint density at radius 1 is 1.14 bits per heavy atom. The maximum Gasteiger partial charge on any atom is 0.277 e. The summed E-state index contributed by atoms with van der Waals surface area (Å²) in [4.78, 5) is 0. The van der Waals surface area contributed by atoms with E-state index in [0.29, 0.717) is 16.9 Å². The van der Waals surface area contributed by atoms with Gasteiger partial charge in [0.1, 0.15) is 0 Å². The smallest absolute Gasteiger partial charge is 0.277 e. The lowest BCUT2D eigenvalue weighted by atomic mass is 10.2. The van der Waals surface area contributed by atoms with Crippen LogP contribution in [0.5, 0.6) is 0 Å². The maximum absolute atomic E-state index is 5.63. The zero-order valence-corrected chi connectivity index (χ0v) is 12.3. The van der Waals surface area contributed by atoms with E-state index in [1.807, 2.05) is 30.3 Å². The molecule has 8 heteroatoms. The van der Waals surface area contributed by atoms with Gasteiger partial charge < -0.3 is 4.42 Å². The van der Waals surface area contributed by atoms with E-state index >= 15 is 0 Å². The third-order valence-corrected chi connectivity index (χ3v) is 3.61. The van der Waals surface area contributed by atoms with E-state index in [4.69, 9.17) is 4.42 Å². The molecule has 0 fully saturated rings. The average Bonchev–Trinajstić information content (AvgIpc) is 3.16. The first-order valence-corrected chi connectivity index (χ1v) is 7.62. The van der Waals surface area contributed by atoms with Gasteiger partial charge in [0.2, 0.25) is 5.89 Å². The number of aromatic nitrogens is 6. The zero-order valence-electron chi connectivity index (χ0n) is 11.5. The molecule has 0 aliphatic heterocycles. The lowest BCUT2D eigenvalue weighted by Crippen LogP contribution is -2.04. The minimum Gasteiger partial charge on any atom is -0.411 e. The molecular weight excluding hydrogens is 288 g/mol. The number of rotatable bonds is 6. The van der Waals surface area contributed by atoms with Gasteiger partial charge in [-0.1, -0.05) is 36.9 Å². The Bertz CT molecular complexity index is 696. The first-order valence-electron chi connectivity index (χ1n) is 6.63. The monoisotopic (exact) mass is 302 g/mol. The highest BCUT2D eigenvalue weighted by Crippen LogP contribution is 2.24. The Balaban J connectivity index is 1.66. The standard InChI is InChI=1S/C13H14N6OS/c1-2-8-19-11(14-17-18-19)9-21-13-16-15-12(20-13)10-6-4-3-5-7-10/h3-7H,2,8-9H2,1H3. The van der Waals surface area contributed by atoms with Crippen LogP contribution in [0.1, 0.15) is 19.2 Å². The van der Waals surface area contributed by atoms with Crippen LogP contribution in [0.4, 0.5) is 0 Å². The number of hydrogen-bond donors (Lipinski definition) is 0. The largest absolute Gasteiger partial charge is 0.411 e. The van der Waals surface area contributed by atoms with Crippen LogP contribution in [0.3, 0.4) is 0 Å². The molecule has 0 bridgehead atoms. The molecule has 0 spiro atoms. The molecule has 3 rings (SSSR count). The molecule has 108 valence electrons. The molecule has 0 N–H and O–H groups in total. The summed E-state index contributed by atoms with van der Waals surface area (Å²) in [6.45, 7) is 2.89. The molecule has 7 nitrogen and oxygen atoms in total. The number of thioether (sulfide) groups is 1. The van der Waals surface area contributed by atoms with E-state index in [2.05, 4.69) is 32.6 Å². The second-order valence-corrected chi connectivity index (χ2v) is 5.27. The fourth-order valence-electron chi connectivity index (χ4n) is 1.80. The zero-order chi connectivity index (χ0) is 14.5. The third kappa shape index (κ3) is 3.27. The van der Waals surface area contributed by atoms with E-state index in [0.717, 1.165) is 24.4 Å². The van der Waals surface area contributed by atoms with Crippen LogP contribution in [0, 0.1) is 0 Å².